The van der Waals surface area contributed by atoms with E-state index in [0.29, 0.717) is 0 Å². The van der Waals surface area contributed by atoms with Gasteiger partial charge in [0.25, 0.3) is 11.6 Å². The molecule has 1 amide bonds. The van der Waals surface area contributed by atoms with Crippen LogP contribution in [0.5, 0.6) is 0 Å². The van der Waals surface area contributed by atoms with Gasteiger partial charge in [-0.25, -0.2) is 4.79 Å². The van der Waals surface area contributed by atoms with Crippen molar-refractivity contribution in [2.45, 2.75) is 19.4 Å². The number of nitro benzene ring substituents is 1. The number of hydrogen-bond acceptors (Lipinski definition) is 4. The molecule has 19 heavy (non-hydrogen) atoms. The third-order valence-corrected chi connectivity index (χ3v) is 2.69. The molecule has 0 bridgehead atoms. The Balaban J connectivity index is 3.21. The van der Waals surface area contributed by atoms with Crippen molar-refractivity contribution in [2.75, 3.05) is 0 Å². The number of carbonyl (C=O) groups is 2. The van der Waals surface area contributed by atoms with Gasteiger partial charge in [-0.05, 0) is 19.9 Å². The zero-order chi connectivity index (χ0) is 14.8. The predicted octanol–water partition coefficient (Wildman–Crippen LogP) is 1.84. The van der Waals surface area contributed by atoms with Crippen LogP contribution in [-0.4, -0.2) is 27.4 Å². The van der Waals surface area contributed by atoms with E-state index in [2.05, 4.69) is 5.32 Å². The molecule has 1 aromatic rings. The maximum absolute atomic E-state index is 11.9. The fourth-order valence-corrected chi connectivity index (χ4v) is 1.54. The molecule has 8 heteroatoms. The lowest BCUT2D eigenvalue weighted by Crippen LogP contribution is -2.49. The van der Waals surface area contributed by atoms with E-state index >= 15 is 0 Å². The molecule has 0 spiro atoms. The summed E-state index contributed by atoms with van der Waals surface area (Å²) in [6, 6.07) is 3.77. The molecule has 7 nitrogen and oxygen atoms in total. The molecule has 1 aromatic carbocycles. The Morgan fingerprint density at radius 3 is 2.47 bits per heavy atom. The number of nitrogens with zero attached hydrogens (tertiary/aromatic N) is 1. The number of halogens is 1. The second kappa shape index (κ2) is 5.23. The van der Waals surface area contributed by atoms with E-state index in [9.17, 15) is 19.7 Å². The van der Waals surface area contributed by atoms with Crippen molar-refractivity contribution in [1.29, 1.82) is 0 Å². The van der Waals surface area contributed by atoms with Gasteiger partial charge in [-0.2, -0.15) is 0 Å². The molecule has 0 aliphatic carbocycles. The zero-order valence-corrected chi connectivity index (χ0v) is 10.9. The van der Waals surface area contributed by atoms with Gasteiger partial charge >= 0.3 is 5.97 Å². The number of carboxylic acid groups (broad SMARTS) is 1. The lowest BCUT2D eigenvalue weighted by Gasteiger charge is -2.21. The standard InChI is InChI=1S/C11H11ClN2O5/c1-11(2,10(16)17)13-9(15)8-6(12)4-3-5-7(8)14(18)19/h3-5H,1-2H3,(H,13,15)(H,16,17). The number of benzene rings is 1. The van der Waals surface area contributed by atoms with Crippen LogP contribution in [-0.2, 0) is 4.79 Å². The topological polar surface area (TPSA) is 110 Å². The molecule has 2 N–H and O–H groups in total. The van der Waals surface area contributed by atoms with Gasteiger partial charge in [0, 0.05) is 6.07 Å². The van der Waals surface area contributed by atoms with Crippen LogP contribution in [0.25, 0.3) is 0 Å². The average Bonchev–Trinajstić information content (AvgIpc) is 2.27. The first-order valence-electron chi connectivity index (χ1n) is 5.15. The summed E-state index contributed by atoms with van der Waals surface area (Å²) in [5.74, 6) is -2.18. The van der Waals surface area contributed by atoms with Gasteiger partial charge in [-0.3, -0.25) is 14.9 Å². The number of aliphatic carboxylic acids is 1. The van der Waals surface area contributed by atoms with Crippen molar-refractivity contribution in [3.8, 4) is 0 Å². The molecule has 1 rings (SSSR count). The van der Waals surface area contributed by atoms with Crippen LogP contribution >= 0.6 is 11.6 Å². The molecule has 0 fully saturated rings. The Labute approximate surface area is 113 Å². The van der Waals surface area contributed by atoms with Gasteiger partial charge in [0.2, 0.25) is 0 Å². The first-order valence-corrected chi connectivity index (χ1v) is 5.53. The van der Waals surface area contributed by atoms with Gasteiger partial charge in [0.15, 0.2) is 0 Å². The highest BCUT2D eigenvalue weighted by molar-refractivity contribution is 6.34. The number of nitrogens with one attached hydrogen (secondary N) is 1. The Hall–Kier alpha value is -2.15. The van der Waals surface area contributed by atoms with Crippen LogP contribution in [0, 0.1) is 10.1 Å². The van der Waals surface area contributed by atoms with Crippen molar-refractivity contribution in [3.05, 3.63) is 38.9 Å². The fourth-order valence-electron chi connectivity index (χ4n) is 1.29. The van der Waals surface area contributed by atoms with E-state index in [1.807, 2.05) is 0 Å². The summed E-state index contributed by atoms with van der Waals surface area (Å²) in [5, 5.41) is 21.8. The van der Waals surface area contributed by atoms with E-state index < -0.39 is 28.0 Å². The Morgan fingerprint density at radius 1 is 1.42 bits per heavy atom. The minimum Gasteiger partial charge on any atom is -0.480 e. The third kappa shape index (κ3) is 3.19. The summed E-state index contributed by atoms with van der Waals surface area (Å²) in [6.45, 7) is 2.52. The van der Waals surface area contributed by atoms with Gasteiger partial charge in [0.1, 0.15) is 11.1 Å². The predicted molar refractivity (Wildman–Crippen MR) is 67.3 cm³/mol. The molecular weight excluding hydrogens is 276 g/mol. The molecular formula is C11H11ClN2O5. The highest BCUT2D eigenvalue weighted by Crippen LogP contribution is 2.26. The number of rotatable bonds is 4. The molecule has 0 aliphatic rings. The van der Waals surface area contributed by atoms with Gasteiger partial charge in [0.05, 0.1) is 9.95 Å². The molecule has 0 radical (unpaired) electrons. The highest BCUT2D eigenvalue weighted by Gasteiger charge is 2.32. The van der Waals surface area contributed by atoms with Crippen LogP contribution in [0.1, 0.15) is 24.2 Å². The van der Waals surface area contributed by atoms with Crippen molar-refractivity contribution < 1.29 is 19.6 Å². The molecule has 102 valence electrons. The smallest absolute Gasteiger partial charge is 0.328 e. The highest BCUT2D eigenvalue weighted by atomic mass is 35.5. The number of carboxylic acids is 1. The second-order valence-corrected chi connectivity index (χ2v) is 4.68. The Bertz CT molecular complexity index is 556. The summed E-state index contributed by atoms with van der Waals surface area (Å²) in [7, 11) is 0. The zero-order valence-electron chi connectivity index (χ0n) is 10.1. The van der Waals surface area contributed by atoms with Crippen LogP contribution in [0.2, 0.25) is 5.02 Å². The van der Waals surface area contributed by atoms with Crippen LogP contribution in [0.3, 0.4) is 0 Å². The largest absolute Gasteiger partial charge is 0.480 e. The van der Waals surface area contributed by atoms with Crippen molar-refractivity contribution in [1.82, 2.24) is 5.32 Å². The SMILES string of the molecule is CC(C)(NC(=O)c1c(Cl)cccc1[N+](=O)[O-])C(=O)O. The first-order chi connectivity index (χ1) is 8.66. The quantitative estimate of drug-likeness (QED) is 0.648. The number of hydrogen-bond donors (Lipinski definition) is 2. The monoisotopic (exact) mass is 286 g/mol. The van der Waals surface area contributed by atoms with E-state index in [0.717, 1.165) is 6.07 Å². The number of amides is 1. The number of nitro groups is 1. The molecule has 0 aliphatic heterocycles. The molecule has 0 saturated heterocycles. The summed E-state index contributed by atoms with van der Waals surface area (Å²) in [5.41, 5.74) is -2.40. The molecule has 0 aromatic heterocycles. The van der Waals surface area contributed by atoms with E-state index in [1.165, 1.54) is 26.0 Å². The van der Waals surface area contributed by atoms with Gasteiger partial charge < -0.3 is 10.4 Å². The number of carbonyl (C=O) groups excluding carboxylic acids is 1. The van der Waals surface area contributed by atoms with Crippen molar-refractivity contribution >= 4 is 29.2 Å². The van der Waals surface area contributed by atoms with Crippen LogP contribution in [0.4, 0.5) is 5.69 Å². The van der Waals surface area contributed by atoms with Crippen molar-refractivity contribution in [2.24, 2.45) is 0 Å². The maximum atomic E-state index is 11.9. The van der Waals surface area contributed by atoms with E-state index in [-0.39, 0.29) is 10.6 Å². The molecule has 0 atom stereocenters. The minimum atomic E-state index is -1.57. The maximum Gasteiger partial charge on any atom is 0.328 e. The minimum absolute atomic E-state index is 0.118. The van der Waals surface area contributed by atoms with Crippen LogP contribution in [0.15, 0.2) is 18.2 Å². The van der Waals surface area contributed by atoms with Crippen molar-refractivity contribution in [3.63, 3.8) is 0 Å². The van der Waals surface area contributed by atoms with Crippen LogP contribution < -0.4 is 5.32 Å². The first kappa shape index (κ1) is 14.9. The molecule has 0 unspecified atom stereocenters. The average molecular weight is 287 g/mol. The second-order valence-electron chi connectivity index (χ2n) is 4.28. The lowest BCUT2D eigenvalue weighted by molar-refractivity contribution is -0.385. The summed E-state index contributed by atoms with van der Waals surface area (Å²) >= 11 is 5.76. The fraction of sp³-hybridized carbons (Fsp3) is 0.273. The van der Waals surface area contributed by atoms with Gasteiger partial charge in [-0.1, -0.05) is 17.7 Å². The summed E-state index contributed by atoms with van der Waals surface area (Å²) < 4.78 is 0. The third-order valence-electron chi connectivity index (χ3n) is 2.38. The van der Waals surface area contributed by atoms with Gasteiger partial charge in [-0.15, -0.1) is 0 Å². The summed E-state index contributed by atoms with van der Waals surface area (Å²) in [6.07, 6.45) is 0. The Morgan fingerprint density at radius 2 is 2.00 bits per heavy atom. The summed E-state index contributed by atoms with van der Waals surface area (Å²) in [4.78, 5) is 32.9. The molecule has 0 saturated carbocycles. The molecule has 0 heterocycles. The lowest BCUT2D eigenvalue weighted by atomic mass is 10.0. The normalized spacial score (nSPS) is 10.9. The Kier molecular flexibility index (Phi) is 4.10. The van der Waals surface area contributed by atoms with E-state index in [4.69, 9.17) is 16.7 Å². The van der Waals surface area contributed by atoms with E-state index in [1.54, 1.807) is 0 Å².